The van der Waals surface area contributed by atoms with Crippen LogP contribution in [0.2, 0.25) is 0 Å². The summed E-state index contributed by atoms with van der Waals surface area (Å²) in [7, 11) is 0. The first-order valence-corrected chi connectivity index (χ1v) is 7.58. The quantitative estimate of drug-likeness (QED) is 0.657. The Kier molecular flexibility index (Phi) is 6.50. The molecular weight excluding hydrogens is 208 g/mol. The maximum Gasteiger partial charge on any atom is 0.0223 e. The second kappa shape index (κ2) is 7.38. The third kappa shape index (κ3) is 4.59. The molecule has 0 amide bonds. The van der Waals surface area contributed by atoms with E-state index in [9.17, 15) is 0 Å². The van der Waals surface area contributed by atoms with Gasteiger partial charge < -0.3 is 5.73 Å². The number of nitrogens with two attached hydrogens (primary N) is 1. The van der Waals surface area contributed by atoms with Crippen molar-refractivity contribution < 1.29 is 0 Å². The van der Waals surface area contributed by atoms with Crippen LogP contribution in [0, 0.1) is 0 Å². The van der Waals surface area contributed by atoms with Gasteiger partial charge in [0.25, 0.3) is 0 Å². The van der Waals surface area contributed by atoms with E-state index in [1.54, 1.807) is 0 Å². The summed E-state index contributed by atoms with van der Waals surface area (Å²) >= 11 is 0. The predicted octanol–water partition coefficient (Wildman–Crippen LogP) is 3.55. The molecule has 2 nitrogen and oxygen atoms in total. The molecule has 2 N–H and O–H groups in total. The fourth-order valence-electron chi connectivity index (χ4n) is 3.19. The molecular formula is C15H32N2. The number of hydrogen-bond donors (Lipinski definition) is 1. The summed E-state index contributed by atoms with van der Waals surface area (Å²) in [5.41, 5.74) is 6.36. The van der Waals surface area contributed by atoms with E-state index in [1.165, 1.54) is 57.9 Å². The minimum absolute atomic E-state index is 0.382. The van der Waals surface area contributed by atoms with Crippen molar-refractivity contribution in [3.63, 3.8) is 0 Å². The van der Waals surface area contributed by atoms with Crippen molar-refractivity contribution in [1.29, 1.82) is 0 Å². The van der Waals surface area contributed by atoms with Crippen LogP contribution in [0.4, 0.5) is 0 Å². The van der Waals surface area contributed by atoms with Crippen LogP contribution in [0.1, 0.15) is 72.1 Å². The smallest absolute Gasteiger partial charge is 0.0223 e. The second-order valence-electron chi connectivity index (χ2n) is 6.20. The van der Waals surface area contributed by atoms with Crippen LogP contribution in [0.3, 0.4) is 0 Å². The van der Waals surface area contributed by atoms with E-state index in [0.29, 0.717) is 11.6 Å². The first-order valence-electron chi connectivity index (χ1n) is 7.58. The van der Waals surface area contributed by atoms with Gasteiger partial charge in [0.1, 0.15) is 0 Å². The number of likely N-dealkylation sites (tertiary alicyclic amines) is 1. The van der Waals surface area contributed by atoms with Crippen LogP contribution < -0.4 is 5.73 Å². The predicted molar refractivity (Wildman–Crippen MR) is 76.2 cm³/mol. The fourth-order valence-corrected chi connectivity index (χ4v) is 3.19. The second-order valence-corrected chi connectivity index (χ2v) is 6.20. The van der Waals surface area contributed by atoms with Crippen LogP contribution in [0.25, 0.3) is 0 Å². The molecule has 1 aliphatic heterocycles. The van der Waals surface area contributed by atoms with Gasteiger partial charge in [0.05, 0.1) is 0 Å². The molecule has 0 spiro atoms. The molecule has 0 aliphatic carbocycles. The SMILES string of the molecule is CCCCCCCC(CN)N1CCCC1(C)C. The summed E-state index contributed by atoms with van der Waals surface area (Å²) in [5.74, 6) is 0. The highest BCUT2D eigenvalue weighted by Crippen LogP contribution is 2.31. The number of rotatable bonds is 8. The molecule has 0 aromatic carbocycles. The molecule has 1 aliphatic rings. The van der Waals surface area contributed by atoms with Gasteiger partial charge in [-0.05, 0) is 39.7 Å². The van der Waals surface area contributed by atoms with Crippen molar-refractivity contribution in [2.45, 2.75) is 83.7 Å². The van der Waals surface area contributed by atoms with E-state index in [1.807, 2.05) is 0 Å². The summed E-state index contributed by atoms with van der Waals surface area (Å²) in [6, 6.07) is 0.620. The van der Waals surface area contributed by atoms with E-state index >= 15 is 0 Å². The van der Waals surface area contributed by atoms with Gasteiger partial charge in [-0.1, -0.05) is 39.0 Å². The Labute approximate surface area is 108 Å². The van der Waals surface area contributed by atoms with Gasteiger partial charge in [0, 0.05) is 18.1 Å². The van der Waals surface area contributed by atoms with Crippen molar-refractivity contribution in [1.82, 2.24) is 4.90 Å². The highest BCUT2D eigenvalue weighted by Gasteiger charge is 2.35. The molecule has 2 heteroatoms. The molecule has 0 aromatic rings. The molecule has 0 saturated carbocycles. The topological polar surface area (TPSA) is 29.3 Å². The van der Waals surface area contributed by atoms with E-state index in [0.717, 1.165) is 6.54 Å². The van der Waals surface area contributed by atoms with E-state index < -0.39 is 0 Å². The lowest BCUT2D eigenvalue weighted by atomic mass is 9.98. The monoisotopic (exact) mass is 240 g/mol. The lowest BCUT2D eigenvalue weighted by molar-refractivity contribution is 0.111. The third-order valence-electron chi connectivity index (χ3n) is 4.32. The maximum absolute atomic E-state index is 5.97. The van der Waals surface area contributed by atoms with Gasteiger partial charge in [-0.15, -0.1) is 0 Å². The van der Waals surface area contributed by atoms with Crippen molar-refractivity contribution in [2.75, 3.05) is 13.1 Å². The zero-order chi connectivity index (χ0) is 12.7. The zero-order valence-corrected chi connectivity index (χ0v) is 12.2. The lowest BCUT2D eigenvalue weighted by Gasteiger charge is -2.38. The van der Waals surface area contributed by atoms with Crippen LogP contribution >= 0.6 is 0 Å². The minimum Gasteiger partial charge on any atom is -0.329 e. The summed E-state index contributed by atoms with van der Waals surface area (Å²) in [4.78, 5) is 2.66. The molecule has 17 heavy (non-hydrogen) atoms. The van der Waals surface area contributed by atoms with Crippen molar-refractivity contribution in [3.05, 3.63) is 0 Å². The summed E-state index contributed by atoms with van der Waals surface area (Å²) < 4.78 is 0. The maximum atomic E-state index is 5.97. The molecule has 1 saturated heterocycles. The van der Waals surface area contributed by atoms with Gasteiger partial charge in [-0.25, -0.2) is 0 Å². The van der Waals surface area contributed by atoms with E-state index in [-0.39, 0.29) is 0 Å². The molecule has 1 unspecified atom stereocenters. The molecule has 0 bridgehead atoms. The number of unbranched alkanes of at least 4 members (excludes halogenated alkanes) is 4. The van der Waals surface area contributed by atoms with Crippen LogP contribution in [-0.2, 0) is 0 Å². The Hall–Kier alpha value is -0.0800. The van der Waals surface area contributed by atoms with Crippen molar-refractivity contribution in [3.8, 4) is 0 Å². The number of hydrogen-bond acceptors (Lipinski definition) is 2. The average molecular weight is 240 g/mol. The Bertz CT molecular complexity index is 201. The summed E-state index contributed by atoms with van der Waals surface area (Å²) in [5, 5.41) is 0. The summed E-state index contributed by atoms with van der Waals surface area (Å²) in [6.45, 7) is 9.11. The van der Waals surface area contributed by atoms with Crippen molar-refractivity contribution in [2.24, 2.45) is 5.73 Å². The van der Waals surface area contributed by atoms with Gasteiger partial charge in [-0.3, -0.25) is 4.90 Å². The fraction of sp³-hybridized carbons (Fsp3) is 1.00. The lowest BCUT2D eigenvalue weighted by Crippen LogP contribution is -2.48. The largest absolute Gasteiger partial charge is 0.329 e. The highest BCUT2D eigenvalue weighted by molar-refractivity contribution is 4.92. The van der Waals surface area contributed by atoms with E-state index in [2.05, 4.69) is 25.7 Å². The summed E-state index contributed by atoms with van der Waals surface area (Å²) in [6.07, 6.45) is 10.8. The Balaban J connectivity index is 2.28. The minimum atomic E-state index is 0.382. The van der Waals surface area contributed by atoms with Gasteiger partial charge in [0.2, 0.25) is 0 Å². The van der Waals surface area contributed by atoms with Gasteiger partial charge in [0.15, 0.2) is 0 Å². The molecule has 1 heterocycles. The zero-order valence-electron chi connectivity index (χ0n) is 12.2. The highest BCUT2D eigenvalue weighted by atomic mass is 15.2. The molecule has 1 fully saturated rings. The standard InChI is InChI=1S/C15H32N2/c1-4-5-6-7-8-10-14(13-16)17-12-9-11-15(17,2)3/h14H,4-13,16H2,1-3H3. The van der Waals surface area contributed by atoms with Crippen LogP contribution in [-0.4, -0.2) is 29.6 Å². The Morgan fingerprint density at radius 2 is 1.88 bits per heavy atom. The first kappa shape index (κ1) is 15.0. The third-order valence-corrected chi connectivity index (χ3v) is 4.32. The van der Waals surface area contributed by atoms with Gasteiger partial charge in [-0.2, -0.15) is 0 Å². The van der Waals surface area contributed by atoms with Gasteiger partial charge >= 0.3 is 0 Å². The molecule has 0 radical (unpaired) electrons. The molecule has 0 aromatic heterocycles. The molecule has 1 rings (SSSR count). The van der Waals surface area contributed by atoms with Crippen LogP contribution in [0.5, 0.6) is 0 Å². The Morgan fingerprint density at radius 3 is 2.41 bits per heavy atom. The van der Waals surface area contributed by atoms with Crippen molar-refractivity contribution >= 4 is 0 Å². The average Bonchev–Trinajstić information content (AvgIpc) is 2.64. The molecule has 1 atom stereocenters. The Morgan fingerprint density at radius 1 is 1.18 bits per heavy atom. The first-order chi connectivity index (χ1) is 8.11. The number of nitrogens with zero attached hydrogens (tertiary/aromatic N) is 1. The normalized spacial score (nSPS) is 21.9. The van der Waals surface area contributed by atoms with Crippen LogP contribution in [0.15, 0.2) is 0 Å². The molecule has 102 valence electrons. The van der Waals surface area contributed by atoms with E-state index in [4.69, 9.17) is 5.73 Å².